The molecule has 0 amide bonds. The van der Waals surface area contributed by atoms with Gasteiger partial charge in [0.25, 0.3) is 0 Å². The molecule has 0 atom stereocenters. The Bertz CT molecular complexity index is 823. The van der Waals surface area contributed by atoms with Gasteiger partial charge in [0.1, 0.15) is 11.5 Å². The number of hydrogen-bond donors (Lipinski definition) is 2. The van der Waals surface area contributed by atoms with E-state index in [9.17, 15) is 14.8 Å². The van der Waals surface area contributed by atoms with Gasteiger partial charge in [-0.25, -0.2) is 0 Å². The van der Waals surface area contributed by atoms with E-state index >= 15 is 0 Å². The van der Waals surface area contributed by atoms with Crippen LogP contribution in [0.5, 0.6) is 11.5 Å². The summed E-state index contributed by atoms with van der Waals surface area (Å²) in [5.74, 6) is 0.796. The number of aryl methyl sites for hydroxylation is 4. The highest BCUT2D eigenvalue weighted by Crippen LogP contribution is 2.33. The number of hydrogen-bond acceptors (Lipinski definition) is 5. The standard InChI is InChI=1S/C30H47O5P/c1-5-9-13-25-17-23(18-26(29(25)31)14-10-6-2)21-34-36(33)35-22-24-19-27(15-11-7-3)30(32)28(20-24)16-12-8-4/h17-20,31-32,36H,5-16,21-22H2,1-4H3. The number of unbranched alkanes of at least 4 members (excludes halogenated alkanes) is 4. The lowest BCUT2D eigenvalue weighted by atomic mass is 9.97. The number of aromatic hydroxyl groups is 2. The molecule has 0 aliphatic carbocycles. The first-order valence-electron chi connectivity index (χ1n) is 13.9. The Morgan fingerprint density at radius 3 is 1.11 bits per heavy atom. The Labute approximate surface area is 219 Å². The van der Waals surface area contributed by atoms with Gasteiger partial charge in [-0.15, -0.1) is 0 Å². The van der Waals surface area contributed by atoms with Crippen molar-refractivity contribution in [2.75, 3.05) is 0 Å². The molecule has 202 valence electrons. The predicted molar refractivity (Wildman–Crippen MR) is 149 cm³/mol. The number of phenolic OH excluding ortho intramolecular Hbond substituents is 2. The molecule has 0 aromatic heterocycles. The van der Waals surface area contributed by atoms with Crippen LogP contribution in [0, 0.1) is 0 Å². The second kappa shape index (κ2) is 16.8. The summed E-state index contributed by atoms with van der Waals surface area (Å²) in [5, 5.41) is 21.4. The van der Waals surface area contributed by atoms with Gasteiger partial charge in [-0.2, -0.15) is 0 Å². The van der Waals surface area contributed by atoms with Crippen LogP contribution >= 0.6 is 8.25 Å². The highest BCUT2D eigenvalue weighted by Gasteiger charge is 2.13. The fraction of sp³-hybridized carbons (Fsp3) is 0.600. The maximum atomic E-state index is 12.6. The van der Waals surface area contributed by atoms with Crippen LogP contribution in [0.1, 0.15) is 112 Å². The fourth-order valence-corrected chi connectivity index (χ4v) is 5.04. The molecule has 0 saturated carbocycles. The minimum atomic E-state index is -2.70. The van der Waals surface area contributed by atoms with Gasteiger partial charge in [-0.05, 0) is 109 Å². The molecule has 0 radical (unpaired) electrons. The van der Waals surface area contributed by atoms with Crippen LogP contribution in [0.3, 0.4) is 0 Å². The van der Waals surface area contributed by atoms with Gasteiger partial charge in [0, 0.05) is 0 Å². The van der Waals surface area contributed by atoms with Gasteiger partial charge in [0.2, 0.25) is 0 Å². The zero-order valence-corrected chi connectivity index (χ0v) is 23.8. The van der Waals surface area contributed by atoms with Crippen molar-refractivity contribution >= 4 is 8.25 Å². The largest absolute Gasteiger partial charge is 0.507 e. The van der Waals surface area contributed by atoms with Crippen molar-refractivity contribution in [1.29, 1.82) is 0 Å². The van der Waals surface area contributed by atoms with E-state index in [0.29, 0.717) is 11.5 Å². The molecule has 0 heterocycles. The summed E-state index contributed by atoms with van der Waals surface area (Å²) in [6.45, 7) is 8.93. The Kier molecular flexibility index (Phi) is 14.2. The Balaban J connectivity index is 2.05. The van der Waals surface area contributed by atoms with Gasteiger partial charge < -0.3 is 19.3 Å². The molecule has 0 aliphatic rings. The Hall–Kier alpha value is -1.81. The normalized spacial score (nSPS) is 11.5. The summed E-state index contributed by atoms with van der Waals surface area (Å²) < 4.78 is 23.8. The first-order valence-corrected chi connectivity index (χ1v) is 15.1. The Morgan fingerprint density at radius 2 is 0.861 bits per heavy atom. The third-order valence-corrected chi connectivity index (χ3v) is 7.33. The van der Waals surface area contributed by atoms with Crippen molar-refractivity contribution in [1.82, 2.24) is 0 Å². The lowest BCUT2D eigenvalue weighted by Gasteiger charge is -2.14. The quantitative estimate of drug-likeness (QED) is 0.193. The molecule has 0 unspecified atom stereocenters. The highest BCUT2D eigenvalue weighted by molar-refractivity contribution is 7.33. The molecule has 2 rings (SSSR count). The van der Waals surface area contributed by atoms with Gasteiger partial charge in [0.15, 0.2) is 0 Å². The fourth-order valence-electron chi connectivity index (χ4n) is 4.39. The van der Waals surface area contributed by atoms with Crippen LogP contribution in [0.25, 0.3) is 0 Å². The SMILES string of the molecule is CCCCc1cc(CO[PH](=O)OCc2cc(CCCC)c(O)c(CCCC)c2)cc(CCCC)c1O. The molecular formula is C30H47O5P. The van der Waals surface area contributed by atoms with Gasteiger partial charge >= 0.3 is 8.25 Å². The van der Waals surface area contributed by atoms with E-state index in [1.807, 2.05) is 24.3 Å². The highest BCUT2D eigenvalue weighted by atomic mass is 31.1. The van der Waals surface area contributed by atoms with Crippen LogP contribution in [0.4, 0.5) is 0 Å². The summed E-state index contributed by atoms with van der Waals surface area (Å²) in [6, 6.07) is 7.87. The maximum Gasteiger partial charge on any atom is 0.319 e. The average Bonchev–Trinajstić information content (AvgIpc) is 2.88. The molecule has 0 aliphatic heterocycles. The van der Waals surface area contributed by atoms with E-state index in [4.69, 9.17) is 9.05 Å². The van der Waals surface area contributed by atoms with Crippen molar-refractivity contribution < 1.29 is 23.8 Å². The van der Waals surface area contributed by atoms with Crippen LogP contribution in [0.15, 0.2) is 24.3 Å². The van der Waals surface area contributed by atoms with Crippen LogP contribution < -0.4 is 0 Å². The Morgan fingerprint density at radius 1 is 0.583 bits per heavy atom. The number of rotatable bonds is 18. The molecule has 2 aromatic rings. The summed E-state index contributed by atoms with van der Waals surface area (Å²) in [7, 11) is -2.70. The van der Waals surface area contributed by atoms with Gasteiger partial charge in [-0.3, -0.25) is 4.57 Å². The van der Waals surface area contributed by atoms with Crippen molar-refractivity contribution in [3.8, 4) is 11.5 Å². The maximum absolute atomic E-state index is 12.6. The van der Waals surface area contributed by atoms with Gasteiger partial charge in [-0.1, -0.05) is 53.4 Å². The number of phenols is 2. The third-order valence-electron chi connectivity index (χ3n) is 6.57. The molecule has 0 bridgehead atoms. The van der Waals surface area contributed by atoms with E-state index in [1.165, 1.54) is 0 Å². The van der Waals surface area contributed by atoms with Crippen molar-refractivity contribution in [2.45, 2.75) is 118 Å². The average molecular weight is 519 g/mol. The van der Waals surface area contributed by atoms with Crippen LogP contribution in [-0.4, -0.2) is 10.2 Å². The van der Waals surface area contributed by atoms with Crippen LogP contribution in [0.2, 0.25) is 0 Å². The topological polar surface area (TPSA) is 76.0 Å². The smallest absolute Gasteiger partial charge is 0.319 e. The first kappa shape index (κ1) is 30.4. The third kappa shape index (κ3) is 9.92. The van der Waals surface area contributed by atoms with Crippen molar-refractivity contribution in [2.24, 2.45) is 0 Å². The zero-order valence-electron chi connectivity index (χ0n) is 22.8. The van der Waals surface area contributed by atoms with E-state index in [1.54, 1.807) is 0 Å². The molecule has 5 nitrogen and oxygen atoms in total. The zero-order chi connectivity index (χ0) is 26.3. The predicted octanol–water partition coefficient (Wildman–Crippen LogP) is 8.59. The lowest BCUT2D eigenvalue weighted by Crippen LogP contribution is -1.99. The van der Waals surface area contributed by atoms with Crippen LogP contribution in [-0.2, 0) is 52.5 Å². The van der Waals surface area contributed by atoms with E-state index in [2.05, 4.69) is 27.7 Å². The minimum Gasteiger partial charge on any atom is -0.507 e. The molecule has 2 N–H and O–H groups in total. The molecule has 0 spiro atoms. The summed E-state index contributed by atoms with van der Waals surface area (Å²) in [5.41, 5.74) is 5.59. The summed E-state index contributed by atoms with van der Waals surface area (Å²) >= 11 is 0. The molecule has 0 saturated heterocycles. The second-order valence-electron chi connectivity index (χ2n) is 9.77. The monoisotopic (exact) mass is 518 g/mol. The van der Waals surface area contributed by atoms with E-state index < -0.39 is 8.25 Å². The molecule has 2 aromatic carbocycles. The minimum absolute atomic E-state index is 0.190. The summed E-state index contributed by atoms with van der Waals surface area (Å²) in [6.07, 6.45) is 11.6. The molecule has 6 heteroatoms. The van der Waals surface area contributed by atoms with E-state index in [0.717, 1.165) is 110 Å². The summed E-state index contributed by atoms with van der Waals surface area (Å²) in [4.78, 5) is 0. The van der Waals surface area contributed by atoms with E-state index in [-0.39, 0.29) is 13.2 Å². The number of benzene rings is 2. The molecule has 36 heavy (non-hydrogen) atoms. The van der Waals surface area contributed by atoms with Crippen molar-refractivity contribution in [3.05, 3.63) is 57.6 Å². The molecule has 0 fully saturated rings. The second-order valence-corrected chi connectivity index (χ2v) is 10.8. The lowest BCUT2D eigenvalue weighted by molar-refractivity contribution is 0.212. The van der Waals surface area contributed by atoms with Gasteiger partial charge in [0.05, 0.1) is 13.2 Å². The van der Waals surface area contributed by atoms with Crippen molar-refractivity contribution in [3.63, 3.8) is 0 Å². The molecular weight excluding hydrogens is 471 g/mol. The first-order chi connectivity index (χ1) is 17.4.